The molecule has 2 unspecified atom stereocenters. The number of rotatable bonds is 5. The van der Waals surface area contributed by atoms with E-state index in [2.05, 4.69) is 4.99 Å². The summed E-state index contributed by atoms with van der Waals surface area (Å²) in [5.41, 5.74) is 0.976. The summed E-state index contributed by atoms with van der Waals surface area (Å²) < 4.78 is 11.7. The lowest BCUT2D eigenvalue weighted by Crippen LogP contribution is -2.49. The van der Waals surface area contributed by atoms with E-state index in [9.17, 15) is 4.79 Å². The molecule has 0 aromatic heterocycles. The molecule has 0 amide bonds. The van der Waals surface area contributed by atoms with Crippen molar-refractivity contribution in [3.63, 3.8) is 0 Å². The third-order valence-corrected chi connectivity index (χ3v) is 5.79. The Morgan fingerprint density at radius 1 is 1.44 bits per heavy atom. The van der Waals surface area contributed by atoms with Crippen LogP contribution in [0.25, 0.3) is 0 Å². The number of nitrogens with zero attached hydrogens (tertiary/aromatic N) is 2. The molecule has 0 radical (unpaired) electrons. The van der Waals surface area contributed by atoms with Gasteiger partial charge in [0.15, 0.2) is 17.8 Å². The van der Waals surface area contributed by atoms with Crippen molar-refractivity contribution in [1.82, 2.24) is 4.90 Å². The molecule has 0 bridgehead atoms. The largest absolute Gasteiger partial charge is 0.495 e. The molecule has 1 saturated heterocycles. The number of carbonyl (C=O) groups is 1. The van der Waals surface area contributed by atoms with Gasteiger partial charge in [0.2, 0.25) is 0 Å². The number of aliphatic imine (C=N–C) groups is 1. The number of hydrogen-bond donors (Lipinski definition) is 0. The van der Waals surface area contributed by atoms with Gasteiger partial charge in [0.1, 0.15) is 11.8 Å². The highest BCUT2D eigenvalue weighted by Crippen LogP contribution is 2.32. The van der Waals surface area contributed by atoms with Crippen LogP contribution in [0.15, 0.2) is 41.2 Å². The average molecular weight is 397 g/mol. The van der Waals surface area contributed by atoms with E-state index in [1.807, 2.05) is 29.2 Å². The summed E-state index contributed by atoms with van der Waals surface area (Å²) in [6.45, 7) is 0.468. The smallest absolute Gasteiger partial charge is 0.191 e. The highest BCUT2D eigenvalue weighted by molar-refractivity contribution is 8.24. The Kier molecular flexibility index (Phi) is 5.78. The molecule has 3 rings (SSSR count). The van der Waals surface area contributed by atoms with Crippen molar-refractivity contribution >= 4 is 51.4 Å². The van der Waals surface area contributed by atoms with E-state index in [1.165, 1.54) is 11.8 Å². The van der Waals surface area contributed by atoms with Gasteiger partial charge in [-0.05, 0) is 17.7 Å². The van der Waals surface area contributed by atoms with Crippen molar-refractivity contribution in [3.8, 4) is 0 Å². The highest BCUT2D eigenvalue weighted by Gasteiger charge is 2.41. The van der Waals surface area contributed by atoms with Gasteiger partial charge in [-0.1, -0.05) is 36.0 Å². The first-order chi connectivity index (χ1) is 12.0. The topological polar surface area (TPSA) is 51.1 Å². The van der Waals surface area contributed by atoms with Gasteiger partial charge in [0.05, 0.1) is 23.3 Å². The number of hydrogen-bond acceptors (Lipinski definition) is 7. The van der Waals surface area contributed by atoms with E-state index in [1.54, 1.807) is 20.4 Å². The lowest BCUT2D eigenvalue weighted by molar-refractivity contribution is -0.117. The van der Waals surface area contributed by atoms with Gasteiger partial charge < -0.3 is 14.4 Å². The summed E-state index contributed by atoms with van der Waals surface area (Å²) >= 11 is 12.9. The van der Waals surface area contributed by atoms with Gasteiger partial charge in [0.25, 0.3) is 0 Å². The Morgan fingerprint density at radius 2 is 2.24 bits per heavy atom. The second-order valence-corrected chi connectivity index (χ2v) is 7.73. The summed E-state index contributed by atoms with van der Waals surface area (Å²) in [6.07, 6.45) is 1.11. The molecule has 1 aromatic rings. The molecule has 8 heteroatoms. The summed E-state index contributed by atoms with van der Waals surface area (Å²) in [4.78, 5) is 18.7. The zero-order chi connectivity index (χ0) is 18.0. The van der Waals surface area contributed by atoms with E-state index in [-0.39, 0.29) is 5.78 Å². The number of methoxy groups -OCH3 is 2. The minimum Gasteiger partial charge on any atom is -0.495 e. The maximum atomic E-state index is 12.4. The van der Waals surface area contributed by atoms with E-state index in [0.29, 0.717) is 33.1 Å². The number of halogens is 1. The third-order valence-electron chi connectivity index (χ3n) is 4.02. The van der Waals surface area contributed by atoms with Crippen LogP contribution in [0.1, 0.15) is 5.56 Å². The van der Waals surface area contributed by atoms with Crippen molar-refractivity contribution in [1.29, 1.82) is 0 Å². The second-order valence-electron chi connectivity index (χ2n) is 5.58. The Morgan fingerprint density at radius 3 is 2.84 bits per heavy atom. The first kappa shape index (κ1) is 18.4. The van der Waals surface area contributed by atoms with Crippen molar-refractivity contribution < 1.29 is 14.3 Å². The maximum Gasteiger partial charge on any atom is 0.191 e. The zero-order valence-electron chi connectivity index (χ0n) is 13.8. The number of thioether (sulfide) groups is 1. The van der Waals surface area contributed by atoms with Crippen molar-refractivity contribution in [2.75, 3.05) is 20.0 Å². The van der Waals surface area contributed by atoms with Gasteiger partial charge in [-0.3, -0.25) is 4.79 Å². The minimum atomic E-state index is -0.508. The molecule has 1 fully saturated rings. The fraction of sp³-hybridized carbons (Fsp3) is 0.353. The number of Topliss-reactive ketones (excluding diaryl/α,β-unsaturated/α-hetero) is 1. The normalized spacial score (nSPS) is 23.6. The molecule has 2 heterocycles. The number of ether oxygens (including phenoxy) is 2. The van der Waals surface area contributed by atoms with Gasteiger partial charge >= 0.3 is 0 Å². The molecule has 0 N–H and O–H groups in total. The molecule has 2 aliphatic rings. The lowest BCUT2D eigenvalue weighted by atomic mass is 10.0. The van der Waals surface area contributed by atoms with E-state index < -0.39 is 12.1 Å². The first-order valence-electron chi connectivity index (χ1n) is 7.60. The highest BCUT2D eigenvalue weighted by atomic mass is 35.5. The molecule has 0 aliphatic carbocycles. The van der Waals surface area contributed by atoms with Crippen LogP contribution in [0.4, 0.5) is 0 Å². The van der Waals surface area contributed by atoms with E-state index >= 15 is 0 Å². The lowest BCUT2D eigenvalue weighted by Gasteiger charge is -2.37. The minimum absolute atomic E-state index is 0.0639. The van der Waals surface area contributed by atoms with Crippen LogP contribution in [-0.2, 0) is 20.8 Å². The summed E-state index contributed by atoms with van der Waals surface area (Å²) in [5.74, 6) is 1.09. The van der Waals surface area contributed by atoms with Crippen molar-refractivity contribution in [2.24, 2.45) is 10.9 Å². The van der Waals surface area contributed by atoms with Crippen LogP contribution in [0.2, 0.25) is 5.02 Å². The average Bonchev–Trinajstić information content (AvgIpc) is 2.93. The predicted octanol–water partition coefficient (Wildman–Crippen LogP) is 3.27. The first-order valence-corrected chi connectivity index (χ1v) is 9.37. The molecule has 2 atom stereocenters. The Bertz CT molecular complexity index is 750. The molecule has 25 heavy (non-hydrogen) atoms. The van der Waals surface area contributed by atoms with Crippen molar-refractivity contribution in [3.05, 3.63) is 46.8 Å². The molecule has 0 spiro atoms. The Balaban J connectivity index is 1.99. The number of benzene rings is 1. The van der Waals surface area contributed by atoms with E-state index in [0.717, 1.165) is 5.56 Å². The number of thiocarbonyl (C=S) groups is 1. The van der Waals surface area contributed by atoms with Gasteiger partial charge in [-0.15, -0.1) is 11.8 Å². The maximum absolute atomic E-state index is 12.4. The number of amidine groups is 1. The van der Waals surface area contributed by atoms with Crippen molar-refractivity contribution in [2.45, 2.75) is 12.8 Å². The zero-order valence-corrected chi connectivity index (χ0v) is 16.2. The molecule has 2 aliphatic heterocycles. The standard InChI is InChI=1S/C17H17ClN2O3S2/c1-22-13-7-19-15(14-12(21)9-25-17(14)24)20(16(13)23-2)8-10-4-3-5-11(18)6-10/h3-7,14,16H,8-9H2,1-2H3. The van der Waals surface area contributed by atoms with E-state index in [4.69, 9.17) is 33.3 Å². The fourth-order valence-electron chi connectivity index (χ4n) is 2.86. The van der Waals surface area contributed by atoms with Crippen LogP contribution in [-0.4, -0.2) is 46.9 Å². The van der Waals surface area contributed by atoms with Gasteiger partial charge in [-0.2, -0.15) is 0 Å². The number of carbonyl (C=O) groups excluding carboxylic acids is 1. The molecule has 0 saturated carbocycles. The monoisotopic (exact) mass is 396 g/mol. The second kappa shape index (κ2) is 7.86. The quantitative estimate of drug-likeness (QED) is 0.712. The molecular formula is C17H17ClN2O3S2. The predicted molar refractivity (Wildman–Crippen MR) is 104 cm³/mol. The Labute approximate surface area is 161 Å². The van der Waals surface area contributed by atoms with Gasteiger partial charge in [0, 0.05) is 18.7 Å². The van der Waals surface area contributed by atoms with Crippen LogP contribution >= 0.6 is 35.6 Å². The van der Waals surface area contributed by atoms with Crippen LogP contribution in [0.3, 0.4) is 0 Å². The third kappa shape index (κ3) is 3.74. The molecular weight excluding hydrogens is 380 g/mol. The SMILES string of the molecule is COC1=CN=C(C2C(=O)CSC2=S)N(Cc2cccc(Cl)c2)C1OC. The molecule has 5 nitrogen and oxygen atoms in total. The number of ketones is 1. The van der Waals surface area contributed by atoms with Crippen LogP contribution < -0.4 is 0 Å². The molecule has 1 aromatic carbocycles. The van der Waals surface area contributed by atoms with Crippen LogP contribution in [0, 0.1) is 5.92 Å². The summed E-state index contributed by atoms with van der Waals surface area (Å²) in [6, 6.07) is 7.54. The molecule has 132 valence electrons. The van der Waals surface area contributed by atoms with Gasteiger partial charge in [-0.25, -0.2) is 4.99 Å². The van der Waals surface area contributed by atoms with Crippen LogP contribution in [0.5, 0.6) is 0 Å². The fourth-order valence-corrected chi connectivity index (χ4v) is 4.35. The Hall–Kier alpha value is -1.41. The summed E-state index contributed by atoms with van der Waals surface area (Å²) in [7, 11) is 3.16. The summed E-state index contributed by atoms with van der Waals surface area (Å²) in [5, 5.41) is 0.646.